The molecule has 0 bridgehead atoms. The molecule has 0 spiro atoms. The second-order valence-electron chi connectivity index (χ2n) is 6.25. The number of hydrogen-bond acceptors (Lipinski definition) is 5. The van der Waals surface area contributed by atoms with Gasteiger partial charge >= 0.3 is 0 Å². The Labute approximate surface area is 171 Å². The highest BCUT2D eigenvalue weighted by Crippen LogP contribution is 2.24. The largest absolute Gasteiger partial charge is 0.384 e. The number of sulfonamides is 1. The molecule has 0 fully saturated rings. The van der Waals surface area contributed by atoms with E-state index in [0.717, 1.165) is 10.6 Å². The molecule has 8 heteroatoms. The van der Waals surface area contributed by atoms with Gasteiger partial charge in [0.15, 0.2) is 0 Å². The van der Waals surface area contributed by atoms with Crippen molar-refractivity contribution in [2.45, 2.75) is 36.1 Å². The minimum atomic E-state index is -3.57. The van der Waals surface area contributed by atoms with Crippen LogP contribution in [0.2, 0.25) is 0 Å². The minimum absolute atomic E-state index is 0.142. The lowest BCUT2D eigenvalue weighted by Gasteiger charge is -2.13. The predicted molar refractivity (Wildman–Crippen MR) is 114 cm³/mol. The van der Waals surface area contributed by atoms with E-state index in [0.29, 0.717) is 24.3 Å². The number of carbonyl (C=O) groups excluding carboxylic acids is 1. The summed E-state index contributed by atoms with van der Waals surface area (Å²) < 4.78 is 32.3. The number of amides is 1. The van der Waals surface area contributed by atoms with E-state index in [-0.39, 0.29) is 16.8 Å². The molecular weight excluding hydrogens is 396 g/mol. The van der Waals surface area contributed by atoms with Crippen LogP contribution in [0.3, 0.4) is 0 Å². The third-order valence-electron chi connectivity index (χ3n) is 4.07. The molecule has 2 aromatic carbocycles. The molecule has 0 radical (unpaired) electrons. The van der Waals surface area contributed by atoms with E-state index in [2.05, 4.69) is 10.0 Å². The van der Waals surface area contributed by atoms with E-state index < -0.39 is 10.0 Å². The predicted octanol–water partition coefficient (Wildman–Crippen LogP) is 3.75. The van der Waals surface area contributed by atoms with Gasteiger partial charge < -0.3 is 10.1 Å². The van der Waals surface area contributed by atoms with Crippen molar-refractivity contribution in [3.63, 3.8) is 0 Å². The Balaban J connectivity index is 2.09. The lowest BCUT2D eigenvalue weighted by molar-refractivity contribution is 0.102. The summed E-state index contributed by atoms with van der Waals surface area (Å²) in [6, 6.07) is 13.4. The maximum Gasteiger partial charge on any atom is 0.256 e. The monoisotopic (exact) mass is 422 g/mol. The fourth-order valence-corrected chi connectivity index (χ4v) is 4.63. The minimum Gasteiger partial charge on any atom is -0.384 e. The molecule has 0 aromatic heterocycles. The van der Waals surface area contributed by atoms with E-state index in [1.807, 2.05) is 32.0 Å². The standard InChI is InChI=1S/C20H26N2O4S2/c1-4-15(2)22-28(24,25)17-11-9-16(10-12-17)21-20(23)18-7-5-6-8-19(18)27-14-13-26-3/h5-12,15,22H,4,13-14H2,1-3H3,(H,21,23). The molecule has 0 aliphatic rings. The van der Waals surface area contributed by atoms with Crippen LogP contribution in [-0.2, 0) is 14.8 Å². The summed E-state index contributed by atoms with van der Waals surface area (Å²) in [6.45, 7) is 4.33. The highest BCUT2D eigenvalue weighted by molar-refractivity contribution is 7.99. The van der Waals surface area contributed by atoms with Crippen LogP contribution in [0.25, 0.3) is 0 Å². The number of ether oxygens (including phenoxy) is 1. The number of thioether (sulfide) groups is 1. The van der Waals surface area contributed by atoms with Gasteiger partial charge in [0.05, 0.1) is 17.1 Å². The normalized spacial score (nSPS) is 12.5. The van der Waals surface area contributed by atoms with Gasteiger partial charge in [-0.05, 0) is 49.7 Å². The van der Waals surface area contributed by atoms with Crippen LogP contribution in [0.4, 0.5) is 5.69 Å². The third kappa shape index (κ3) is 6.34. The molecule has 2 aromatic rings. The van der Waals surface area contributed by atoms with Crippen LogP contribution < -0.4 is 10.0 Å². The first kappa shape index (κ1) is 22.4. The summed E-state index contributed by atoms with van der Waals surface area (Å²) in [5.74, 6) is 0.505. The number of benzene rings is 2. The molecule has 28 heavy (non-hydrogen) atoms. The molecule has 2 rings (SSSR count). The molecule has 0 aliphatic heterocycles. The zero-order valence-electron chi connectivity index (χ0n) is 16.3. The van der Waals surface area contributed by atoms with Gasteiger partial charge in [-0.15, -0.1) is 11.8 Å². The van der Waals surface area contributed by atoms with Crippen LogP contribution in [0, 0.1) is 0 Å². The van der Waals surface area contributed by atoms with Crippen molar-refractivity contribution in [3.8, 4) is 0 Å². The number of hydrogen-bond donors (Lipinski definition) is 2. The van der Waals surface area contributed by atoms with Gasteiger partial charge in [-0.2, -0.15) is 0 Å². The van der Waals surface area contributed by atoms with Gasteiger partial charge in [0.25, 0.3) is 5.91 Å². The Morgan fingerprint density at radius 1 is 1.14 bits per heavy atom. The van der Waals surface area contributed by atoms with Crippen LogP contribution in [0.5, 0.6) is 0 Å². The fourth-order valence-electron chi connectivity index (χ4n) is 2.35. The lowest BCUT2D eigenvalue weighted by Crippen LogP contribution is -2.31. The molecule has 2 N–H and O–H groups in total. The van der Waals surface area contributed by atoms with Crippen LogP contribution in [0.15, 0.2) is 58.3 Å². The Hall–Kier alpha value is -1.87. The zero-order chi connectivity index (χ0) is 20.6. The lowest BCUT2D eigenvalue weighted by atomic mass is 10.2. The fraction of sp³-hybridized carbons (Fsp3) is 0.350. The highest BCUT2D eigenvalue weighted by Gasteiger charge is 2.17. The molecule has 0 saturated carbocycles. The van der Waals surface area contributed by atoms with Crippen molar-refractivity contribution < 1.29 is 17.9 Å². The van der Waals surface area contributed by atoms with Gasteiger partial charge in [0.2, 0.25) is 10.0 Å². The number of anilines is 1. The Bertz CT molecular complexity index is 883. The molecule has 1 atom stereocenters. The summed E-state index contributed by atoms with van der Waals surface area (Å²) in [5, 5.41) is 2.82. The van der Waals surface area contributed by atoms with Crippen molar-refractivity contribution in [1.82, 2.24) is 4.72 Å². The smallest absolute Gasteiger partial charge is 0.256 e. The first-order valence-electron chi connectivity index (χ1n) is 9.02. The molecule has 6 nitrogen and oxygen atoms in total. The topological polar surface area (TPSA) is 84.5 Å². The number of methoxy groups -OCH3 is 1. The molecule has 0 saturated heterocycles. The second-order valence-corrected chi connectivity index (χ2v) is 9.10. The Kier molecular flexibility index (Phi) is 8.50. The number of carbonyl (C=O) groups is 1. The van der Waals surface area contributed by atoms with E-state index >= 15 is 0 Å². The van der Waals surface area contributed by atoms with Gasteiger partial charge in [-0.1, -0.05) is 19.1 Å². The zero-order valence-corrected chi connectivity index (χ0v) is 17.9. The summed E-state index contributed by atoms with van der Waals surface area (Å²) in [6.07, 6.45) is 0.704. The van der Waals surface area contributed by atoms with Gasteiger partial charge in [0, 0.05) is 29.5 Å². The maximum atomic E-state index is 12.6. The number of nitrogens with one attached hydrogen (secondary N) is 2. The summed E-state index contributed by atoms with van der Waals surface area (Å²) in [7, 11) is -1.93. The summed E-state index contributed by atoms with van der Waals surface area (Å²) >= 11 is 1.55. The molecule has 1 amide bonds. The van der Waals surface area contributed by atoms with Crippen molar-refractivity contribution in [2.75, 3.05) is 24.8 Å². The van der Waals surface area contributed by atoms with Crippen LogP contribution in [-0.4, -0.2) is 39.8 Å². The molecule has 152 valence electrons. The Morgan fingerprint density at radius 3 is 2.46 bits per heavy atom. The SMILES string of the molecule is CCC(C)NS(=O)(=O)c1ccc(NC(=O)c2ccccc2SCCOC)cc1. The average molecular weight is 423 g/mol. The first-order chi connectivity index (χ1) is 13.4. The van der Waals surface area contributed by atoms with Crippen molar-refractivity contribution >= 4 is 33.4 Å². The van der Waals surface area contributed by atoms with Gasteiger partial charge in [-0.25, -0.2) is 13.1 Å². The van der Waals surface area contributed by atoms with E-state index in [4.69, 9.17) is 4.74 Å². The van der Waals surface area contributed by atoms with E-state index in [1.165, 1.54) is 12.1 Å². The quantitative estimate of drug-likeness (QED) is 0.450. The first-order valence-corrected chi connectivity index (χ1v) is 11.5. The molecular formula is C20H26N2O4S2. The van der Waals surface area contributed by atoms with Crippen molar-refractivity contribution in [3.05, 3.63) is 54.1 Å². The van der Waals surface area contributed by atoms with Crippen molar-refractivity contribution in [1.29, 1.82) is 0 Å². The maximum absolute atomic E-state index is 12.6. The van der Waals surface area contributed by atoms with Gasteiger partial charge in [0.1, 0.15) is 0 Å². The average Bonchev–Trinajstić information content (AvgIpc) is 2.68. The molecule has 1 unspecified atom stereocenters. The summed E-state index contributed by atoms with van der Waals surface area (Å²) in [4.78, 5) is 13.7. The second kappa shape index (κ2) is 10.6. The van der Waals surface area contributed by atoms with Crippen LogP contribution >= 0.6 is 11.8 Å². The molecule has 0 aliphatic carbocycles. The Morgan fingerprint density at radius 2 is 1.82 bits per heavy atom. The van der Waals surface area contributed by atoms with E-state index in [9.17, 15) is 13.2 Å². The highest BCUT2D eigenvalue weighted by atomic mass is 32.2. The third-order valence-corrected chi connectivity index (χ3v) is 6.71. The van der Waals surface area contributed by atoms with E-state index in [1.54, 1.807) is 37.1 Å². The summed E-state index contributed by atoms with van der Waals surface area (Å²) in [5.41, 5.74) is 1.10. The molecule has 0 heterocycles. The van der Waals surface area contributed by atoms with Gasteiger partial charge in [-0.3, -0.25) is 4.79 Å². The number of rotatable bonds is 10. The van der Waals surface area contributed by atoms with Crippen molar-refractivity contribution in [2.24, 2.45) is 0 Å². The van der Waals surface area contributed by atoms with Crippen LogP contribution in [0.1, 0.15) is 30.6 Å².